The Morgan fingerprint density at radius 2 is 1.95 bits per heavy atom. The number of carbonyl (C=O) groups excluding carboxylic acids is 1. The quantitative estimate of drug-likeness (QED) is 0.288. The smallest absolute Gasteiger partial charge is 0.353 e. The van der Waals surface area contributed by atoms with E-state index in [1.165, 1.54) is 12.7 Å². The Kier molecular flexibility index (Phi) is 8.86. The molecule has 0 aliphatic carbocycles. The number of amides is 2. The van der Waals surface area contributed by atoms with E-state index in [0.717, 1.165) is 5.56 Å². The molecule has 0 radical (unpaired) electrons. The van der Waals surface area contributed by atoms with Crippen molar-refractivity contribution in [3.05, 3.63) is 54.6 Å². The van der Waals surface area contributed by atoms with Gasteiger partial charge in [-0.25, -0.2) is 19.7 Å². The number of nitrogens with zero attached hydrogens (tertiary/aromatic N) is 4. The molecule has 0 saturated carbocycles. The van der Waals surface area contributed by atoms with Gasteiger partial charge >= 0.3 is 13.6 Å². The summed E-state index contributed by atoms with van der Waals surface area (Å²) in [6.45, 7) is 3.92. The molecule has 2 aliphatic heterocycles. The highest BCUT2D eigenvalue weighted by Gasteiger charge is 2.53. The van der Waals surface area contributed by atoms with Crippen LogP contribution < -0.4 is 10.6 Å². The van der Waals surface area contributed by atoms with Crippen molar-refractivity contribution in [1.82, 2.24) is 24.8 Å². The van der Waals surface area contributed by atoms with Gasteiger partial charge in [0.2, 0.25) is 0 Å². The largest absolute Gasteiger partial charge is 0.366 e. The number of benzene rings is 1. The highest BCUT2D eigenvalue weighted by Crippen LogP contribution is 2.43. The second kappa shape index (κ2) is 12.5. The van der Waals surface area contributed by atoms with Gasteiger partial charge in [-0.15, -0.1) is 0 Å². The third kappa shape index (κ3) is 6.39. The lowest BCUT2D eigenvalue weighted by Crippen LogP contribution is -2.32. The van der Waals surface area contributed by atoms with E-state index in [-0.39, 0.29) is 19.0 Å². The molecule has 2 amide bonds. The average molecular weight is 575 g/mol. The average Bonchev–Trinajstić information content (AvgIpc) is 3.63. The monoisotopic (exact) mass is 574 g/mol. The highest BCUT2D eigenvalue weighted by molar-refractivity contribution is 7.52. The van der Waals surface area contributed by atoms with E-state index in [0.29, 0.717) is 17.7 Å². The van der Waals surface area contributed by atoms with Crippen LogP contribution in [0.2, 0.25) is 0 Å². The summed E-state index contributed by atoms with van der Waals surface area (Å²) in [6.07, 6.45) is 2.88. The standard InChI is InChI=1S/C25H31N6O8P/c1-3-26-25(32)30-22-19-23(28-13-27-22)31(14-29-19)24-21-20(17(37-24)12-35-15-40(33,34)36-4-2)38-18(39-21)11-10-16-8-6-5-7-9-16/h5-11,13-14,17-18,20-21,24H,3-4,12,15H2,1-2H3,(H,33,34)(H2,26,27,28,30,32)/b11-10+/t17-,18?,20+,21?,24-/m1/s1. The van der Waals surface area contributed by atoms with Crippen LogP contribution in [0.4, 0.5) is 10.6 Å². The fourth-order valence-electron chi connectivity index (χ4n) is 4.53. The molecular formula is C25H31N6O8P. The second-order valence-electron chi connectivity index (χ2n) is 8.99. The summed E-state index contributed by atoms with van der Waals surface area (Å²) in [4.78, 5) is 34.9. The Morgan fingerprint density at radius 1 is 1.15 bits per heavy atom. The summed E-state index contributed by atoms with van der Waals surface area (Å²) in [6, 6.07) is 9.31. The Morgan fingerprint density at radius 3 is 2.73 bits per heavy atom. The van der Waals surface area contributed by atoms with E-state index >= 15 is 0 Å². The molecule has 2 aliphatic rings. The van der Waals surface area contributed by atoms with E-state index < -0.39 is 50.8 Å². The first-order valence-electron chi connectivity index (χ1n) is 12.8. The zero-order chi connectivity index (χ0) is 28.1. The topological polar surface area (TPSA) is 168 Å². The van der Waals surface area contributed by atoms with Crippen LogP contribution in [-0.2, 0) is 28.0 Å². The number of carbonyl (C=O) groups is 1. The van der Waals surface area contributed by atoms with Crippen LogP contribution in [0.5, 0.6) is 0 Å². The van der Waals surface area contributed by atoms with E-state index in [4.69, 9.17) is 23.5 Å². The van der Waals surface area contributed by atoms with Gasteiger partial charge in [0, 0.05) is 6.54 Å². The van der Waals surface area contributed by atoms with Crippen molar-refractivity contribution in [2.75, 3.05) is 31.4 Å². The number of rotatable bonds is 11. The lowest BCUT2D eigenvalue weighted by Gasteiger charge is -2.20. The predicted molar refractivity (Wildman–Crippen MR) is 143 cm³/mol. The molecule has 5 rings (SSSR count). The van der Waals surface area contributed by atoms with Gasteiger partial charge in [0.15, 0.2) is 29.5 Å². The summed E-state index contributed by atoms with van der Waals surface area (Å²) in [5.74, 6) is 0.242. The molecule has 40 heavy (non-hydrogen) atoms. The van der Waals surface area contributed by atoms with Crippen molar-refractivity contribution < 1.29 is 37.7 Å². The van der Waals surface area contributed by atoms with Gasteiger partial charge in [-0.1, -0.05) is 36.4 Å². The number of hydrogen-bond donors (Lipinski definition) is 3. The van der Waals surface area contributed by atoms with Crippen LogP contribution in [0.3, 0.4) is 0 Å². The summed E-state index contributed by atoms with van der Waals surface area (Å²) in [5, 5.41) is 5.32. The van der Waals surface area contributed by atoms with Gasteiger partial charge in [0.1, 0.15) is 31.0 Å². The Bertz CT molecular complexity index is 1390. The first kappa shape index (κ1) is 28.3. The van der Waals surface area contributed by atoms with Crippen LogP contribution in [0.1, 0.15) is 25.6 Å². The van der Waals surface area contributed by atoms with Crippen molar-refractivity contribution in [1.29, 1.82) is 0 Å². The molecule has 15 heteroatoms. The molecular weight excluding hydrogens is 543 g/mol. The van der Waals surface area contributed by atoms with Gasteiger partial charge in [-0.3, -0.25) is 14.4 Å². The molecule has 3 aromatic rings. The molecule has 4 heterocycles. The molecule has 3 N–H and O–H groups in total. The van der Waals surface area contributed by atoms with Crippen LogP contribution in [0.15, 0.2) is 49.1 Å². The van der Waals surface area contributed by atoms with Crippen LogP contribution in [0.25, 0.3) is 17.2 Å². The first-order chi connectivity index (χ1) is 19.4. The lowest BCUT2D eigenvalue weighted by molar-refractivity contribution is -0.136. The van der Waals surface area contributed by atoms with Crippen LogP contribution in [-0.4, -0.2) is 81.2 Å². The zero-order valence-electron chi connectivity index (χ0n) is 22.0. The molecule has 1 aromatic carbocycles. The minimum Gasteiger partial charge on any atom is -0.366 e. The van der Waals surface area contributed by atoms with Gasteiger partial charge in [0.05, 0.1) is 19.5 Å². The third-order valence-electron chi connectivity index (χ3n) is 6.18. The summed E-state index contributed by atoms with van der Waals surface area (Å²) in [5.41, 5.74) is 1.76. The van der Waals surface area contributed by atoms with Gasteiger partial charge in [0.25, 0.3) is 0 Å². The fourth-order valence-corrected chi connectivity index (χ4v) is 5.34. The van der Waals surface area contributed by atoms with Gasteiger partial charge in [-0.05, 0) is 25.5 Å². The Labute approximate surface area is 230 Å². The zero-order valence-corrected chi connectivity index (χ0v) is 22.8. The molecule has 6 atom stereocenters. The van der Waals surface area contributed by atoms with Crippen molar-refractivity contribution in [3.63, 3.8) is 0 Å². The predicted octanol–water partition coefficient (Wildman–Crippen LogP) is 2.88. The molecule has 0 spiro atoms. The number of aromatic nitrogens is 4. The number of fused-ring (bicyclic) bond motifs is 2. The lowest BCUT2D eigenvalue weighted by atomic mass is 10.1. The third-order valence-corrected chi connectivity index (χ3v) is 7.35. The number of anilines is 1. The maximum atomic E-state index is 12.1. The van der Waals surface area contributed by atoms with Crippen molar-refractivity contribution >= 4 is 36.7 Å². The normalized spacial score (nSPS) is 25.7. The van der Waals surface area contributed by atoms with Gasteiger partial charge < -0.3 is 33.7 Å². The van der Waals surface area contributed by atoms with E-state index in [1.54, 1.807) is 18.4 Å². The minimum absolute atomic E-state index is 0.0423. The van der Waals surface area contributed by atoms with Crippen LogP contribution >= 0.6 is 7.60 Å². The minimum atomic E-state index is -3.89. The van der Waals surface area contributed by atoms with Crippen molar-refractivity contribution in [2.24, 2.45) is 0 Å². The molecule has 2 aromatic heterocycles. The molecule has 14 nitrogen and oxygen atoms in total. The maximum absolute atomic E-state index is 12.1. The van der Waals surface area contributed by atoms with E-state index in [1.807, 2.05) is 42.5 Å². The number of urea groups is 1. The highest BCUT2D eigenvalue weighted by atomic mass is 31.2. The Hall–Kier alpha value is -3.23. The van der Waals surface area contributed by atoms with E-state index in [9.17, 15) is 14.3 Å². The first-order valence-corrected chi connectivity index (χ1v) is 14.6. The fraction of sp³-hybridized carbons (Fsp3) is 0.440. The SMILES string of the molecule is CCNC(=O)Nc1ncnc2c1ncn2[C@@H]1O[C@H](COCP(=O)(O)OCC)[C@@H]2OC(/C=C/c3ccccc3)OC21. The summed E-state index contributed by atoms with van der Waals surface area (Å²) in [7, 11) is -3.89. The number of imidazole rings is 1. The van der Waals surface area contributed by atoms with Crippen LogP contribution in [0, 0.1) is 0 Å². The van der Waals surface area contributed by atoms with E-state index in [2.05, 4.69) is 25.6 Å². The second-order valence-corrected chi connectivity index (χ2v) is 10.8. The molecule has 3 unspecified atom stereocenters. The summed E-state index contributed by atoms with van der Waals surface area (Å²) >= 11 is 0. The molecule has 2 fully saturated rings. The van der Waals surface area contributed by atoms with Gasteiger partial charge in [-0.2, -0.15) is 0 Å². The summed E-state index contributed by atoms with van der Waals surface area (Å²) < 4.78 is 42.9. The number of nitrogens with one attached hydrogen (secondary N) is 2. The van der Waals surface area contributed by atoms with Crippen molar-refractivity contribution in [2.45, 2.75) is 44.7 Å². The van der Waals surface area contributed by atoms with Crippen molar-refractivity contribution in [3.8, 4) is 0 Å². The number of ether oxygens (including phenoxy) is 4. The maximum Gasteiger partial charge on any atom is 0.353 e. The number of hydrogen-bond acceptors (Lipinski definition) is 10. The molecule has 214 valence electrons. The molecule has 2 saturated heterocycles. The molecule has 0 bridgehead atoms. The Balaban J connectivity index is 1.38.